The number of carbonyl (C=O) groups is 1. The third-order valence-corrected chi connectivity index (χ3v) is 5.99. The Balaban J connectivity index is 1.80. The number of fused-ring (bicyclic) bond motifs is 1. The lowest BCUT2D eigenvalue weighted by atomic mass is 10.2. The van der Waals surface area contributed by atoms with E-state index in [2.05, 4.69) is 11.6 Å². The highest BCUT2D eigenvalue weighted by atomic mass is 32.2. The lowest BCUT2D eigenvalue weighted by Crippen LogP contribution is -2.30. The number of nitrogens with one attached hydrogen (secondary N) is 1. The predicted molar refractivity (Wildman–Crippen MR) is 117 cm³/mol. The minimum atomic E-state index is -4.13. The summed E-state index contributed by atoms with van der Waals surface area (Å²) in [5, 5.41) is 0.711. The summed E-state index contributed by atoms with van der Waals surface area (Å²) >= 11 is 0. The summed E-state index contributed by atoms with van der Waals surface area (Å²) in [6.45, 7) is 2.49. The average Bonchev–Trinajstić information content (AvgIpc) is 3.15. The van der Waals surface area contributed by atoms with E-state index in [4.69, 9.17) is 9.15 Å². The molecule has 0 unspecified atom stereocenters. The molecule has 7 nitrogen and oxygen atoms in total. The first kappa shape index (κ1) is 21.7. The number of hydrogen-bond acceptors (Lipinski definition) is 6. The third kappa shape index (κ3) is 4.94. The smallest absolute Gasteiger partial charge is 0.300 e. The van der Waals surface area contributed by atoms with Crippen LogP contribution in [0, 0.1) is 0 Å². The number of amides is 1. The molecule has 0 aliphatic heterocycles. The molecule has 160 valence electrons. The summed E-state index contributed by atoms with van der Waals surface area (Å²) < 4.78 is 39.0. The summed E-state index contributed by atoms with van der Waals surface area (Å²) in [7, 11) is -0.343. The normalized spacial score (nSPS) is 11.4. The van der Waals surface area contributed by atoms with Gasteiger partial charge in [-0.3, -0.25) is 4.79 Å². The van der Waals surface area contributed by atoms with E-state index in [-0.39, 0.29) is 16.4 Å². The minimum absolute atomic E-state index is 0.0779. The Hall–Kier alpha value is -3.00. The number of carbonyl (C=O) groups excluding carboxylic acids is 1. The maximum Gasteiger partial charge on any atom is 0.300 e. The number of unbranched alkanes of at least 4 members (excludes halogenated alkanes) is 2. The van der Waals surface area contributed by atoms with Crippen molar-refractivity contribution in [2.75, 3.05) is 25.6 Å². The Kier molecular flexibility index (Phi) is 6.66. The fourth-order valence-corrected chi connectivity index (χ4v) is 4.07. The Morgan fingerprint density at radius 2 is 1.87 bits per heavy atom. The number of para-hydroxylation sites is 1. The topological polar surface area (TPSA) is 88.8 Å². The lowest BCUT2D eigenvalue weighted by Gasteiger charge is -2.12. The Labute approximate surface area is 176 Å². The van der Waals surface area contributed by atoms with Gasteiger partial charge in [0.25, 0.3) is 10.0 Å². The molecular weight excluding hydrogens is 404 g/mol. The molecule has 30 heavy (non-hydrogen) atoms. The van der Waals surface area contributed by atoms with E-state index in [1.807, 2.05) is 31.1 Å². The van der Waals surface area contributed by atoms with Crippen LogP contribution in [0.2, 0.25) is 0 Å². The molecule has 1 heterocycles. The van der Waals surface area contributed by atoms with Gasteiger partial charge in [0.1, 0.15) is 16.2 Å². The molecule has 0 aliphatic carbocycles. The van der Waals surface area contributed by atoms with Gasteiger partial charge in [-0.15, -0.1) is 0 Å². The van der Waals surface area contributed by atoms with Crippen molar-refractivity contribution in [1.29, 1.82) is 0 Å². The van der Waals surface area contributed by atoms with Gasteiger partial charge in [0.15, 0.2) is 5.76 Å². The van der Waals surface area contributed by atoms with Crippen molar-refractivity contribution in [3.05, 3.63) is 54.3 Å². The number of furan rings is 1. The van der Waals surface area contributed by atoms with Crippen molar-refractivity contribution in [1.82, 2.24) is 4.72 Å². The lowest BCUT2D eigenvalue weighted by molar-refractivity contribution is 0.0956. The zero-order valence-corrected chi connectivity index (χ0v) is 18.2. The second kappa shape index (κ2) is 9.21. The summed E-state index contributed by atoms with van der Waals surface area (Å²) in [6.07, 6.45) is 2.85. The highest BCUT2D eigenvalue weighted by molar-refractivity contribution is 7.90. The van der Waals surface area contributed by atoms with Gasteiger partial charge in [-0.1, -0.05) is 31.9 Å². The van der Waals surface area contributed by atoms with Crippen LogP contribution in [-0.4, -0.2) is 35.0 Å². The monoisotopic (exact) mass is 430 g/mol. The quantitative estimate of drug-likeness (QED) is 0.512. The zero-order valence-electron chi connectivity index (χ0n) is 17.3. The number of hydrogen-bond donors (Lipinski definition) is 1. The van der Waals surface area contributed by atoms with Gasteiger partial charge in [0.2, 0.25) is 0 Å². The molecule has 1 N–H and O–H groups in total. The zero-order chi connectivity index (χ0) is 21.7. The minimum Gasteiger partial charge on any atom is -0.492 e. The summed E-state index contributed by atoms with van der Waals surface area (Å²) in [5.74, 6) is -0.696. The number of benzene rings is 2. The van der Waals surface area contributed by atoms with Crippen LogP contribution < -0.4 is 14.4 Å². The number of anilines is 1. The maximum atomic E-state index is 12.8. The number of ether oxygens (including phenoxy) is 1. The van der Waals surface area contributed by atoms with Gasteiger partial charge in [0.05, 0.1) is 6.61 Å². The first-order chi connectivity index (χ1) is 14.3. The van der Waals surface area contributed by atoms with Gasteiger partial charge in [-0.05, 0) is 36.8 Å². The molecule has 0 aliphatic rings. The van der Waals surface area contributed by atoms with Gasteiger partial charge >= 0.3 is 5.91 Å². The first-order valence-corrected chi connectivity index (χ1v) is 11.3. The maximum absolute atomic E-state index is 12.8. The molecule has 0 radical (unpaired) electrons. The highest BCUT2D eigenvalue weighted by Crippen LogP contribution is 2.26. The summed E-state index contributed by atoms with van der Waals surface area (Å²) in [6, 6.07) is 13.3. The summed E-state index contributed by atoms with van der Waals surface area (Å²) in [4.78, 5) is 14.4. The predicted octanol–water partition coefficient (Wildman–Crippen LogP) is 4.19. The third-order valence-electron chi connectivity index (χ3n) is 4.62. The first-order valence-electron chi connectivity index (χ1n) is 9.81. The van der Waals surface area contributed by atoms with Crippen LogP contribution in [0.4, 0.5) is 5.69 Å². The molecular formula is C22H26N2O5S. The van der Waals surface area contributed by atoms with Crippen molar-refractivity contribution in [3.63, 3.8) is 0 Å². The van der Waals surface area contributed by atoms with E-state index >= 15 is 0 Å². The Morgan fingerprint density at radius 1 is 1.10 bits per heavy atom. The van der Waals surface area contributed by atoms with E-state index in [9.17, 15) is 13.2 Å². The van der Waals surface area contributed by atoms with Crippen LogP contribution in [0.15, 0.2) is 57.8 Å². The molecule has 0 saturated heterocycles. The molecule has 2 aromatic carbocycles. The summed E-state index contributed by atoms with van der Waals surface area (Å²) in [5.41, 5.74) is 1.41. The van der Waals surface area contributed by atoms with Crippen LogP contribution in [0.3, 0.4) is 0 Å². The van der Waals surface area contributed by atoms with Crippen molar-refractivity contribution < 1.29 is 22.4 Å². The molecule has 0 saturated carbocycles. The van der Waals surface area contributed by atoms with Gasteiger partial charge < -0.3 is 14.1 Å². The fraction of sp³-hybridized carbons (Fsp3) is 0.318. The van der Waals surface area contributed by atoms with E-state index in [1.165, 1.54) is 12.1 Å². The molecule has 1 aromatic heterocycles. The average molecular weight is 431 g/mol. The fourth-order valence-electron chi connectivity index (χ4n) is 2.96. The van der Waals surface area contributed by atoms with Crippen molar-refractivity contribution in [3.8, 4) is 5.75 Å². The number of sulfonamides is 1. The largest absolute Gasteiger partial charge is 0.492 e. The highest BCUT2D eigenvalue weighted by Gasteiger charge is 2.24. The second-order valence-electron chi connectivity index (χ2n) is 7.16. The van der Waals surface area contributed by atoms with Gasteiger partial charge in [-0.25, -0.2) is 13.1 Å². The standard InChI is InChI=1S/C22H26N2O5S/c1-4-5-8-13-28-18-9-6-7-10-21(18)30(26,27)23-22(25)20-14-16-11-12-17(24(2)3)15-19(16)29-20/h6-7,9-12,14-15H,4-5,8,13H2,1-3H3,(H,23,25). The van der Waals surface area contributed by atoms with Crippen molar-refractivity contribution in [2.45, 2.75) is 31.1 Å². The van der Waals surface area contributed by atoms with Crippen molar-refractivity contribution >= 4 is 32.6 Å². The van der Waals surface area contributed by atoms with Crippen LogP contribution >= 0.6 is 0 Å². The number of rotatable bonds is 9. The SMILES string of the molecule is CCCCCOc1ccccc1S(=O)(=O)NC(=O)c1cc2ccc(N(C)C)cc2o1. The number of nitrogens with zero attached hydrogens (tertiary/aromatic N) is 1. The second-order valence-corrected chi connectivity index (χ2v) is 8.81. The van der Waals surface area contributed by atoms with Gasteiger partial charge in [0, 0.05) is 31.2 Å². The van der Waals surface area contributed by atoms with Gasteiger partial charge in [-0.2, -0.15) is 0 Å². The van der Waals surface area contributed by atoms with Crippen LogP contribution in [0.1, 0.15) is 36.7 Å². The molecule has 0 atom stereocenters. The van der Waals surface area contributed by atoms with Crippen molar-refractivity contribution in [2.24, 2.45) is 0 Å². The molecule has 8 heteroatoms. The van der Waals surface area contributed by atoms with Crippen LogP contribution in [0.25, 0.3) is 11.0 Å². The molecule has 0 fully saturated rings. The van der Waals surface area contributed by atoms with E-state index < -0.39 is 15.9 Å². The molecule has 3 rings (SSSR count). The van der Waals surface area contributed by atoms with E-state index in [0.717, 1.165) is 24.9 Å². The van der Waals surface area contributed by atoms with E-state index in [0.29, 0.717) is 17.6 Å². The molecule has 1 amide bonds. The molecule has 0 bridgehead atoms. The Morgan fingerprint density at radius 3 is 2.60 bits per heavy atom. The van der Waals surface area contributed by atoms with Crippen LogP contribution in [0.5, 0.6) is 5.75 Å². The molecule has 3 aromatic rings. The molecule has 0 spiro atoms. The van der Waals surface area contributed by atoms with E-state index in [1.54, 1.807) is 24.3 Å². The Bertz CT molecular complexity index is 1140. The van der Waals surface area contributed by atoms with Crippen LogP contribution in [-0.2, 0) is 10.0 Å².